The SMILES string of the molecule is [MgH2].[O]=[Zn][OH]. The molecule has 0 aliphatic heterocycles. The third kappa shape index (κ3) is 11.0. The molecule has 0 aromatic heterocycles. The molecule has 0 heterocycles. The maximum absolute atomic E-state index is 8.67. The van der Waals surface area contributed by atoms with Crippen molar-refractivity contribution in [3.05, 3.63) is 0 Å². The molecule has 0 aromatic rings. The molecule has 0 spiro atoms. The van der Waals surface area contributed by atoms with Crippen LogP contribution < -0.4 is 0 Å². The molecule has 0 radical (unpaired) electrons. The van der Waals surface area contributed by atoms with E-state index >= 15 is 0 Å². The van der Waals surface area contributed by atoms with E-state index in [-0.39, 0.29) is 23.1 Å². The molecular formula is H3MgO2Zn. The summed E-state index contributed by atoms with van der Waals surface area (Å²) in [6, 6.07) is 0. The molecule has 0 saturated carbocycles. The van der Waals surface area contributed by atoms with Gasteiger partial charge in [-0.2, -0.15) is 0 Å². The minimum atomic E-state index is -2.12. The molecule has 4 heavy (non-hydrogen) atoms. The van der Waals surface area contributed by atoms with Crippen LogP contribution in [-0.2, 0) is 21.0 Å². The second kappa shape index (κ2) is 8.91. The Morgan fingerprint density at radius 1 is 1.75 bits per heavy atom. The zero-order chi connectivity index (χ0) is 2.71. The van der Waals surface area contributed by atoms with Crippen LogP contribution in [0.2, 0.25) is 0 Å². The standard InChI is InChI=1S/Mg.H2O.O.Zn.2H/h;1H2;;;;/q;;;+1;;/p-1. The Balaban J connectivity index is 0. The third-order valence-corrected chi connectivity index (χ3v) is 0. The van der Waals surface area contributed by atoms with E-state index in [0.29, 0.717) is 0 Å². The van der Waals surface area contributed by atoms with Gasteiger partial charge in [0.1, 0.15) is 0 Å². The first kappa shape index (κ1) is 8.94. The zero-order valence-electron chi connectivity index (χ0n) is 1.56. The second-order valence-electron chi connectivity index (χ2n) is 0.129. The van der Waals surface area contributed by atoms with Crippen LogP contribution in [0.4, 0.5) is 0 Å². The fourth-order valence-corrected chi connectivity index (χ4v) is 0. The van der Waals surface area contributed by atoms with Gasteiger partial charge in [0.2, 0.25) is 0 Å². The Morgan fingerprint density at radius 2 is 1.75 bits per heavy atom. The number of hydrogen-bond acceptors (Lipinski definition) is 1. The summed E-state index contributed by atoms with van der Waals surface area (Å²) in [5.74, 6) is 0. The Hall–Kier alpha value is 1.15. The normalized spacial score (nSPS) is 2.25. The Bertz CT molecular complexity index is 13.5. The van der Waals surface area contributed by atoms with E-state index in [2.05, 4.69) is 0 Å². The van der Waals surface area contributed by atoms with Gasteiger partial charge in [-0.25, -0.2) is 0 Å². The molecule has 0 rings (SSSR count). The van der Waals surface area contributed by atoms with Gasteiger partial charge in [0.25, 0.3) is 0 Å². The molecule has 19 valence electrons. The first-order valence-electron chi connectivity index (χ1n) is 0.605. The molecule has 0 aromatic carbocycles. The summed E-state index contributed by atoms with van der Waals surface area (Å²) in [6.07, 6.45) is 0. The predicted octanol–water partition coefficient (Wildman–Crippen LogP) is -1.59. The van der Waals surface area contributed by atoms with Gasteiger partial charge in [-0.3, -0.25) is 0 Å². The summed E-state index contributed by atoms with van der Waals surface area (Å²) in [4.78, 5) is 0. The fourth-order valence-electron chi connectivity index (χ4n) is 0. The molecule has 0 aliphatic rings. The van der Waals surface area contributed by atoms with Gasteiger partial charge in [-0.05, 0) is 0 Å². The van der Waals surface area contributed by atoms with E-state index in [1.807, 2.05) is 0 Å². The summed E-state index contributed by atoms with van der Waals surface area (Å²) >= 11 is -2.12. The number of rotatable bonds is 0. The summed E-state index contributed by atoms with van der Waals surface area (Å²) < 4.78 is 15.9. The van der Waals surface area contributed by atoms with Gasteiger partial charge >= 0.3 is 48.0 Å². The van der Waals surface area contributed by atoms with Crippen molar-refractivity contribution in [1.82, 2.24) is 0 Å². The van der Waals surface area contributed by atoms with Crippen LogP contribution >= 0.6 is 0 Å². The first-order chi connectivity index (χ1) is 1.41. The van der Waals surface area contributed by atoms with Crippen molar-refractivity contribution in [1.29, 1.82) is 0 Å². The average molecular weight is 125 g/mol. The molecule has 0 bridgehead atoms. The van der Waals surface area contributed by atoms with Crippen LogP contribution in [0.1, 0.15) is 0 Å². The average Bonchev–Trinajstić information content (AvgIpc) is 0.918. The van der Waals surface area contributed by atoms with E-state index in [9.17, 15) is 0 Å². The van der Waals surface area contributed by atoms with E-state index in [4.69, 9.17) is 7.51 Å². The zero-order valence-corrected chi connectivity index (χ0v) is 4.53. The van der Waals surface area contributed by atoms with Crippen molar-refractivity contribution in [3.8, 4) is 0 Å². The monoisotopic (exact) mass is 123 g/mol. The molecule has 2 nitrogen and oxygen atoms in total. The van der Waals surface area contributed by atoms with Crippen molar-refractivity contribution >= 4 is 23.1 Å². The topological polar surface area (TPSA) is 37.3 Å². The maximum atomic E-state index is 8.67. The molecule has 0 fully saturated rings. The third-order valence-electron chi connectivity index (χ3n) is 0. The quantitative estimate of drug-likeness (QED) is 0.396. The Labute approximate surface area is 48.0 Å². The minimum absolute atomic E-state index is 0. The molecule has 4 heteroatoms. The van der Waals surface area contributed by atoms with E-state index < -0.39 is 17.4 Å². The van der Waals surface area contributed by atoms with Gasteiger partial charge in [0, 0.05) is 0 Å². The van der Waals surface area contributed by atoms with Crippen molar-refractivity contribution in [2.24, 2.45) is 0 Å². The fraction of sp³-hybridized carbons (Fsp3) is 0. The van der Waals surface area contributed by atoms with Crippen LogP contribution in [0.15, 0.2) is 0 Å². The molecule has 0 aliphatic carbocycles. The van der Waals surface area contributed by atoms with Crippen molar-refractivity contribution in [2.45, 2.75) is 0 Å². The van der Waals surface area contributed by atoms with Crippen LogP contribution in [-0.4, -0.2) is 27.0 Å². The summed E-state index contributed by atoms with van der Waals surface area (Å²) in [6.45, 7) is 0. The van der Waals surface area contributed by atoms with E-state index in [0.717, 1.165) is 0 Å². The van der Waals surface area contributed by atoms with Crippen LogP contribution in [0.5, 0.6) is 0 Å². The Morgan fingerprint density at radius 3 is 1.75 bits per heavy atom. The molecular weight excluding hydrogens is 122 g/mol. The summed E-state index contributed by atoms with van der Waals surface area (Å²) in [5.41, 5.74) is 0. The van der Waals surface area contributed by atoms with Crippen LogP contribution in [0.25, 0.3) is 0 Å². The van der Waals surface area contributed by atoms with Gasteiger partial charge in [0.05, 0.1) is 0 Å². The summed E-state index contributed by atoms with van der Waals surface area (Å²) in [7, 11) is 0. The second-order valence-corrected chi connectivity index (χ2v) is 0.671. The first-order valence-corrected chi connectivity index (χ1v) is 3.14. The van der Waals surface area contributed by atoms with Gasteiger partial charge in [-0.15, -0.1) is 0 Å². The van der Waals surface area contributed by atoms with Crippen molar-refractivity contribution < 1.29 is 24.9 Å². The number of hydrogen-bond donors (Lipinski definition) is 1. The molecule has 0 atom stereocenters. The molecule has 0 saturated heterocycles. The van der Waals surface area contributed by atoms with E-state index in [1.165, 1.54) is 0 Å². The van der Waals surface area contributed by atoms with Crippen LogP contribution in [0.3, 0.4) is 0 Å². The van der Waals surface area contributed by atoms with Gasteiger partial charge in [-0.1, -0.05) is 0 Å². The molecule has 0 amide bonds. The molecule has 1 N–H and O–H groups in total. The van der Waals surface area contributed by atoms with Gasteiger partial charge in [0.15, 0.2) is 0 Å². The van der Waals surface area contributed by atoms with E-state index in [1.54, 1.807) is 0 Å². The van der Waals surface area contributed by atoms with Crippen molar-refractivity contribution in [2.75, 3.05) is 0 Å². The molecule has 0 unspecified atom stereocenters. The van der Waals surface area contributed by atoms with Crippen molar-refractivity contribution in [3.63, 3.8) is 0 Å². The Kier molecular flexibility index (Phi) is 19.9. The van der Waals surface area contributed by atoms with Gasteiger partial charge < -0.3 is 0 Å². The van der Waals surface area contributed by atoms with Crippen LogP contribution in [0, 0.1) is 0 Å². The summed E-state index contributed by atoms with van der Waals surface area (Å²) in [5, 5.41) is 0. The predicted molar refractivity (Wildman–Crippen MR) is 11.4 cm³/mol.